The molecule has 0 aliphatic carbocycles. The average Bonchev–Trinajstić information content (AvgIpc) is 2.86. The summed E-state index contributed by atoms with van der Waals surface area (Å²) in [6.45, 7) is 4.86. The number of carbonyl (C=O) groups excluding carboxylic acids is 2. The lowest BCUT2D eigenvalue weighted by molar-refractivity contribution is -0.134. The van der Waals surface area contributed by atoms with Gasteiger partial charge in [0.2, 0.25) is 0 Å². The topological polar surface area (TPSA) is 77.8 Å². The second-order valence-corrected chi connectivity index (χ2v) is 5.54. The first-order valence-electron chi connectivity index (χ1n) is 7.69. The van der Waals surface area contributed by atoms with Crippen LogP contribution in [0.5, 0.6) is 0 Å². The van der Waals surface area contributed by atoms with Gasteiger partial charge >= 0.3 is 11.9 Å². The highest BCUT2D eigenvalue weighted by Crippen LogP contribution is 2.35. The summed E-state index contributed by atoms with van der Waals surface area (Å²) in [5, 5.41) is 10.0. The number of nitrogens with zero attached hydrogens (tertiary/aromatic N) is 1. The molecule has 1 aromatic heterocycles. The Bertz CT molecular complexity index is 842. The van der Waals surface area contributed by atoms with Gasteiger partial charge in [0.05, 0.1) is 19.8 Å². The number of benzene rings is 1. The number of hydrogen-bond acceptors (Lipinski definition) is 5. The summed E-state index contributed by atoms with van der Waals surface area (Å²) in [4.78, 5) is 24.6. The third-order valence-corrected chi connectivity index (χ3v) is 4.04. The van der Waals surface area contributed by atoms with Crippen LogP contribution in [0.4, 0.5) is 0 Å². The monoisotopic (exact) mass is 343 g/mol. The number of carbonyl (C=O) groups is 2. The molecule has 1 heterocycles. The summed E-state index contributed by atoms with van der Waals surface area (Å²) in [5.41, 5.74) is 2.86. The molecule has 0 aliphatic heterocycles. The first-order valence-corrected chi connectivity index (χ1v) is 7.69. The zero-order valence-electron chi connectivity index (χ0n) is 14.9. The Morgan fingerprint density at radius 3 is 2.08 bits per heavy atom. The molecular formula is C19H21NO5. The predicted octanol–water partition coefficient (Wildman–Crippen LogP) is 3.48. The number of hydrogen-bond donors (Lipinski definition) is 1. The third-order valence-electron chi connectivity index (χ3n) is 4.04. The van der Waals surface area contributed by atoms with Crippen LogP contribution in [-0.2, 0) is 14.3 Å². The van der Waals surface area contributed by atoms with Crippen LogP contribution in [0, 0.1) is 13.8 Å². The Morgan fingerprint density at radius 2 is 1.60 bits per heavy atom. The van der Waals surface area contributed by atoms with Crippen molar-refractivity contribution in [3.63, 3.8) is 0 Å². The summed E-state index contributed by atoms with van der Waals surface area (Å²) in [6, 6.07) is 9.32. The van der Waals surface area contributed by atoms with Crippen LogP contribution in [0.25, 0.3) is 16.8 Å². The fraction of sp³-hybridized carbons (Fsp3) is 0.263. The summed E-state index contributed by atoms with van der Waals surface area (Å²) >= 11 is 0. The van der Waals surface area contributed by atoms with Gasteiger partial charge in [0, 0.05) is 17.0 Å². The van der Waals surface area contributed by atoms with E-state index in [4.69, 9.17) is 9.47 Å². The first-order chi connectivity index (χ1) is 11.8. The highest BCUT2D eigenvalue weighted by molar-refractivity contribution is 6.12. The van der Waals surface area contributed by atoms with Crippen molar-refractivity contribution in [1.29, 1.82) is 0 Å². The lowest BCUT2D eigenvalue weighted by Crippen LogP contribution is -2.15. The Morgan fingerprint density at radius 1 is 1.00 bits per heavy atom. The number of esters is 2. The largest absolute Gasteiger partial charge is 0.510 e. The van der Waals surface area contributed by atoms with Crippen LogP contribution < -0.4 is 0 Å². The maximum absolute atomic E-state index is 12.4. The van der Waals surface area contributed by atoms with E-state index in [1.165, 1.54) is 25.7 Å². The van der Waals surface area contributed by atoms with E-state index in [9.17, 15) is 14.7 Å². The van der Waals surface area contributed by atoms with Gasteiger partial charge in [-0.15, -0.1) is 0 Å². The Balaban J connectivity index is 2.90. The smallest absolute Gasteiger partial charge is 0.358 e. The van der Waals surface area contributed by atoms with Crippen LogP contribution in [-0.4, -0.2) is 35.8 Å². The molecule has 2 aromatic rings. The van der Waals surface area contributed by atoms with Crippen LogP contribution in [0.3, 0.4) is 0 Å². The van der Waals surface area contributed by atoms with Gasteiger partial charge in [-0.1, -0.05) is 30.3 Å². The predicted molar refractivity (Wildman–Crippen MR) is 94.2 cm³/mol. The molecule has 0 amide bonds. The number of allylic oxidation sites excluding steroid dienone is 1. The minimum Gasteiger partial charge on any atom is -0.510 e. The molecule has 0 saturated heterocycles. The molecule has 6 nitrogen and oxygen atoms in total. The molecule has 0 spiro atoms. The number of aliphatic hydroxyl groups excluding tert-OH is 1. The van der Waals surface area contributed by atoms with Crippen LogP contribution in [0.15, 0.2) is 36.1 Å². The zero-order chi connectivity index (χ0) is 18.7. The molecule has 0 unspecified atom stereocenters. The van der Waals surface area contributed by atoms with E-state index >= 15 is 0 Å². The number of aromatic nitrogens is 1. The van der Waals surface area contributed by atoms with Gasteiger partial charge < -0.3 is 19.1 Å². The van der Waals surface area contributed by atoms with Crippen LogP contribution in [0.1, 0.15) is 28.7 Å². The molecule has 2 rings (SSSR count). The third kappa shape index (κ3) is 3.15. The fourth-order valence-corrected chi connectivity index (χ4v) is 2.98. The van der Waals surface area contributed by atoms with E-state index in [0.29, 0.717) is 22.5 Å². The molecule has 0 aliphatic rings. The van der Waals surface area contributed by atoms with Crippen molar-refractivity contribution in [3.8, 4) is 11.1 Å². The lowest BCUT2D eigenvalue weighted by Gasteiger charge is -2.13. The number of aliphatic hydroxyl groups is 1. The van der Waals surface area contributed by atoms with Gasteiger partial charge in [-0.25, -0.2) is 9.59 Å². The maximum Gasteiger partial charge on any atom is 0.358 e. The quantitative estimate of drug-likeness (QED) is 0.522. The second-order valence-electron chi connectivity index (χ2n) is 5.54. The van der Waals surface area contributed by atoms with Crippen molar-refractivity contribution < 1.29 is 24.2 Å². The molecule has 1 N–H and O–H groups in total. The standard InChI is InChI=1S/C19H21NO5/c1-11-15(14-9-7-6-8-10-14)16(18(22)24-4)12(2)20(11)17(13(3)21)19(23)25-5/h6-10,21H,1-5H3/b17-13+. The molecule has 1 aromatic carbocycles. The zero-order valence-corrected chi connectivity index (χ0v) is 14.9. The minimum absolute atomic E-state index is 0.0372. The number of rotatable bonds is 4. The van der Waals surface area contributed by atoms with Crippen molar-refractivity contribution in [2.45, 2.75) is 20.8 Å². The molecule has 0 bridgehead atoms. The molecule has 25 heavy (non-hydrogen) atoms. The van der Waals surface area contributed by atoms with E-state index in [0.717, 1.165) is 5.56 Å². The van der Waals surface area contributed by atoms with Gasteiger partial charge in [-0.2, -0.15) is 0 Å². The van der Waals surface area contributed by atoms with Gasteiger partial charge in [0.25, 0.3) is 0 Å². The van der Waals surface area contributed by atoms with E-state index in [-0.39, 0.29) is 11.5 Å². The fourth-order valence-electron chi connectivity index (χ4n) is 2.98. The highest BCUT2D eigenvalue weighted by Gasteiger charge is 2.29. The normalized spacial score (nSPS) is 11.7. The van der Waals surface area contributed by atoms with E-state index in [2.05, 4.69) is 0 Å². The van der Waals surface area contributed by atoms with Crippen LogP contribution >= 0.6 is 0 Å². The lowest BCUT2D eigenvalue weighted by atomic mass is 10.0. The number of methoxy groups -OCH3 is 2. The molecule has 0 saturated carbocycles. The van der Waals surface area contributed by atoms with Crippen molar-refractivity contribution in [2.75, 3.05) is 14.2 Å². The summed E-state index contributed by atoms with van der Waals surface area (Å²) < 4.78 is 11.2. The Hall–Kier alpha value is -3.02. The number of ether oxygens (including phenoxy) is 2. The van der Waals surface area contributed by atoms with Crippen molar-refractivity contribution >= 4 is 17.6 Å². The summed E-state index contributed by atoms with van der Waals surface area (Å²) in [5.74, 6) is -1.42. The minimum atomic E-state index is -0.697. The summed E-state index contributed by atoms with van der Waals surface area (Å²) in [6.07, 6.45) is 0. The molecule has 0 atom stereocenters. The van der Waals surface area contributed by atoms with Crippen LogP contribution in [0.2, 0.25) is 0 Å². The van der Waals surface area contributed by atoms with E-state index in [1.54, 1.807) is 13.8 Å². The van der Waals surface area contributed by atoms with Crippen molar-refractivity contribution in [2.24, 2.45) is 0 Å². The van der Waals surface area contributed by atoms with Gasteiger partial charge in [-0.05, 0) is 26.3 Å². The van der Waals surface area contributed by atoms with Gasteiger partial charge in [-0.3, -0.25) is 0 Å². The molecule has 0 fully saturated rings. The highest BCUT2D eigenvalue weighted by atomic mass is 16.5. The van der Waals surface area contributed by atoms with Crippen molar-refractivity contribution in [1.82, 2.24) is 4.57 Å². The first kappa shape index (κ1) is 18.3. The summed E-state index contributed by atoms with van der Waals surface area (Å²) in [7, 11) is 2.54. The van der Waals surface area contributed by atoms with Crippen molar-refractivity contribution in [3.05, 3.63) is 53.0 Å². The molecule has 0 radical (unpaired) electrons. The molecular weight excluding hydrogens is 322 g/mol. The van der Waals surface area contributed by atoms with E-state index in [1.807, 2.05) is 30.3 Å². The molecule has 132 valence electrons. The SMILES string of the molecule is COC(=O)/C(=C(/C)O)n1c(C)c(C(=O)OC)c(-c2ccccc2)c1C. The average molecular weight is 343 g/mol. The Labute approximate surface area is 146 Å². The molecule has 6 heteroatoms. The van der Waals surface area contributed by atoms with Gasteiger partial charge in [0.15, 0.2) is 5.70 Å². The van der Waals surface area contributed by atoms with E-state index < -0.39 is 11.9 Å². The Kier molecular flexibility index (Phi) is 5.32. The maximum atomic E-state index is 12.4. The van der Waals surface area contributed by atoms with Gasteiger partial charge in [0.1, 0.15) is 5.76 Å². The second kappa shape index (κ2) is 7.25.